The van der Waals surface area contributed by atoms with Crippen molar-refractivity contribution in [3.63, 3.8) is 0 Å². The van der Waals surface area contributed by atoms with Gasteiger partial charge in [-0.3, -0.25) is 4.79 Å². The SMILES string of the molecule is N#Cc1ccc(NC(=O)c2cccc(S(=O)(=O)N3CCC(O)CC3)c2)c(C(=O)O)c1. The number of aromatic carboxylic acids is 1. The number of amides is 1. The van der Waals surface area contributed by atoms with Crippen LogP contribution in [0.25, 0.3) is 0 Å². The summed E-state index contributed by atoms with van der Waals surface area (Å²) in [6, 6.07) is 11.1. The first-order valence-corrected chi connectivity index (χ1v) is 10.5. The number of aliphatic hydroxyl groups is 1. The van der Waals surface area contributed by atoms with Gasteiger partial charge >= 0.3 is 5.97 Å². The van der Waals surface area contributed by atoms with E-state index in [0.717, 1.165) is 6.07 Å². The highest BCUT2D eigenvalue weighted by Gasteiger charge is 2.29. The van der Waals surface area contributed by atoms with Crippen molar-refractivity contribution in [1.82, 2.24) is 4.31 Å². The van der Waals surface area contributed by atoms with E-state index in [-0.39, 0.29) is 40.4 Å². The number of piperidine rings is 1. The monoisotopic (exact) mass is 429 g/mol. The van der Waals surface area contributed by atoms with Crippen LogP contribution in [0.1, 0.15) is 39.1 Å². The standard InChI is InChI=1S/C20H19N3O6S/c21-12-13-4-5-18(17(10-13)20(26)27)22-19(25)14-2-1-3-16(11-14)30(28,29)23-8-6-15(24)7-9-23/h1-5,10-11,15,24H,6-9H2,(H,22,25)(H,26,27). The maximum atomic E-state index is 12.8. The zero-order valence-electron chi connectivity index (χ0n) is 15.8. The molecule has 156 valence electrons. The second-order valence-corrected chi connectivity index (χ2v) is 8.73. The molecule has 1 aliphatic rings. The molecule has 3 N–H and O–H groups in total. The molecule has 0 atom stereocenters. The Labute approximate surface area is 173 Å². The molecule has 1 fully saturated rings. The molecule has 0 bridgehead atoms. The highest BCUT2D eigenvalue weighted by molar-refractivity contribution is 7.89. The number of hydrogen-bond donors (Lipinski definition) is 3. The molecule has 0 spiro atoms. The Hall–Kier alpha value is -3.26. The summed E-state index contributed by atoms with van der Waals surface area (Å²) < 4.78 is 27.0. The van der Waals surface area contributed by atoms with Crippen molar-refractivity contribution in [3.8, 4) is 6.07 Å². The van der Waals surface area contributed by atoms with Gasteiger partial charge < -0.3 is 15.5 Å². The number of carbonyl (C=O) groups excluding carboxylic acids is 1. The molecule has 0 radical (unpaired) electrons. The van der Waals surface area contributed by atoms with Gasteiger partial charge in [0, 0.05) is 18.7 Å². The second-order valence-electron chi connectivity index (χ2n) is 6.79. The van der Waals surface area contributed by atoms with Gasteiger partial charge in [-0.15, -0.1) is 0 Å². The van der Waals surface area contributed by atoms with E-state index < -0.39 is 28.0 Å². The summed E-state index contributed by atoms with van der Waals surface area (Å²) in [4.78, 5) is 24.0. The predicted molar refractivity (Wildman–Crippen MR) is 107 cm³/mol. The number of nitrogens with one attached hydrogen (secondary N) is 1. The molecule has 1 aliphatic heterocycles. The fourth-order valence-corrected chi connectivity index (χ4v) is 4.64. The number of carbonyl (C=O) groups is 2. The number of hydrogen-bond acceptors (Lipinski definition) is 6. The zero-order valence-corrected chi connectivity index (χ0v) is 16.6. The third-order valence-corrected chi connectivity index (χ3v) is 6.68. The first kappa shape index (κ1) is 21.4. The molecule has 9 nitrogen and oxygen atoms in total. The molecule has 0 aromatic heterocycles. The number of carboxylic acids is 1. The van der Waals surface area contributed by atoms with Crippen LogP contribution in [-0.2, 0) is 10.0 Å². The molecule has 0 aliphatic carbocycles. The largest absolute Gasteiger partial charge is 0.478 e. The Bertz CT molecular complexity index is 1130. The van der Waals surface area contributed by atoms with Crippen molar-refractivity contribution in [2.45, 2.75) is 23.8 Å². The molecule has 1 heterocycles. The van der Waals surface area contributed by atoms with Gasteiger partial charge in [0.1, 0.15) is 0 Å². The van der Waals surface area contributed by atoms with E-state index in [9.17, 15) is 28.2 Å². The van der Waals surface area contributed by atoms with Crippen molar-refractivity contribution < 1.29 is 28.2 Å². The van der Waals surface area contributed by atoms with Crippen LogP contribution in [-0.4, -0.2) is 54.0 Å². The van der Waals surface area contributed by atoms with Crippen LogP contribution in [0.5, 0.6) is 0 Å². The number of aliphatic hydroxyl groups excluding tert-OH is 1. The van der Waals surface area contributed by atoms with E-state index in [1.807, 2.05) is 6.07 Å². The Morgan fingerprint density at radius 3 is 2.47 bits per heavy atom. The molecule has 2 aromatic rings. The summed E-state index contributed by atoms with van der Waals surface area (Å²) >= 11 is 0. The topological polar surface area (TPSA) is 148 Å². The number of nitrogens with zero attached hydrogens (tertiary/aromatic N) is 2. The van der Waals surface area contributed by atoms with E-state index in [1.54, 1.807) is 0 Å². The average molecular weight is 429 g/mol. The summed E-state index contributed by atoms with van der Waals surface area (Å²) in [5, 5.41) is 30.3. The molecule has 2 aromatic carbocycles. The van der Waals surface area contributed by atoms with Crippen molar-refractivity contribution >= 4 is 27.6 Å². The van der Waals surface area contributed by atoms with Crippen molar-refractivity contribution in [2.75, 3.05) is 18.4 Å². The summed E-state index contributed by atoms with van der Waals surface area (Å²) in [7, 11) is -3.83. The van der Waals surface area contributed by atoms with Gasteiger partial charge in [0.15, 0.2) is 0 Å². The van der Waals surface area contributed by atoms with Crippen molar-refractivity contribution in [3.05, 3.63) is 59.2 Å². The van der Waals surface area contributed by atoms with E-state index in [4.69, 9.17) is 5.26 Å². The lowest BCUT2D eigenvalue weighted by molar-refractivity contribution is 0.0698. The van der Waals surface area contributed by atoms with Crippen molar-refractivity contribution in [1.29, 1.82) is 5.26 Å². The van der Waals surface area contributed by atoms with Crippen molar-refractivity contribution in [2.24, 2.45) is 0 Å². The normalized spacial score (nSPS) is 15.3. The zero-order chi connectivity index (χ0) is 21.9. The van der Waals surface area contributed by atoms with Gasteiger partial charge in [-0.25, -0.2) is 13.2 Å². The van der Waals surface area contributed by atoms with Crippen LogP contribution >= 0.6 is 0 Å². The van der Waals surface area contributed by atoms with Crippen LogP contribution in [0.2, 0.25) is 0 Å². The Balaban J connectivity index is 1.85. The minimum absolute atomic E-state index is 0.00946. The minimum atomic E-state index is -3.83. The van der Waals surface area contributed by atoms with E-state index >= 15 is 0 Å². The number of rotatable bonds is 5. The lowest BCUT2D eigenvalue weighted by atomic mass is 10.1. The number of sulfonamides is 1. The quantitative estimate of drug-likeness (QED) is 0.654. The van der Waals surface area contributed by atoms with Gasteiger partial charge in [-0.05, 0) is 49.2 Å². The summed E-state index contributed by atoms with van der Waals surface area (Å²) in [6.45, 7) is 0.375. The van der Waals surface area contributed by atoms with Crippen LogP contribution in [0.15, 0.2) is 47.4 Å². The van der Waals surface area contributed by atoms with Gasteiger partial charge in [0.2, 0.25) is 10.0 Å². The van der Waals surface area contributed by atoms with Crippen LogP contribution < -0.4 is 5.32 Å². The Kier molecular flexibility index (Phi) is 6.17. The molecular weight excluding hydrogens is 410 g/mol. The molecule has 1 amide bonds. The summed E-state index contributed by atoms with van der Waals surface area (Å²) in [5.41, 5.74) is -0.0956. The Morgan fingerprint density at radius 1 is 1.13 bits per heavy atom. The third kappa shape index (κ3) is 4.49. The fourth-order valence-electron chi connectivity index (χ4n) is 3.12. The Morgan fingerprint density at radius 2 is 1.83 bits per heavy atom. The van der Waals surface area contributed by atoms with E-state index in [1.165, 1.54) is 40.7 Å². The highest BCUT2D eigenvalue weighted by Crippen LogP contribution is 2.23. The molecule has 1 saturated heterocycles. The van der Waals surface area contributed by atoms with Gasteiger partial charge in [-0.2, -0.15) is 9.57 Å². The van der Waals surface area contributed by atoms with E-state index in [0.29, 0.717) is 12.8 Å². The highest BCUT2D eigenvalue weighted by atomic mass is 32.2. The predicted octanol–water partition coefficient (Wildman–Crippen LogP) is 1.65. The lowest BCUT2D eigenvalue weighted by Crippen LogP contribution is -2.40. The summed E-state index contributed by atoms with van der Waals surface area (Å²) in [5.74, 6) is -2.00. The minimum Gasteiger partial charge on any atom is -0.478 e. The fraction of sp³-hybridized carbons (Fsp3) is 0.250. The molecule has 30 heavy (non-hydrogen) atoms. The molecule has 0 unspecified atom stereocenters. The molecule has 3 rings (SSSR count). The van der Waals surface area contributed by atoms with E-state index in [2.05, 4.69) is 5.32 Å². The summed E-state index contributed by atoms with van der Waals surface area (Å²) in [6.07, 6.45) is 0.163. The van der Waals surface area contributed by atoms with Gasteiger partial charge in [0.05, 0.1) is 33.9 Å². The van der Waals surface area contributed by atoms with Gasteiger partial charge in [-0.1, -0.05) is 6.07 Å². The first-order valence-electron chi connectivity index (χ1n) is 9.09. The number of benzene rings is 2. The van der Waals surface area contributed by atoms with Crippen LogP contribution in [0.4, 0.5) is 5.69 Å². The van der Waals surface area contributed by atoms with Crippen LogP contribution in [0.3, 0.4) is 0 Å². The molecule has 10 heteroatoms. The lowest BCUT2D eigenvalue weighted by Gasteiger charge is -2.28. The van der Waals surface area contributed by atoms with Crippen LogP contribution in [0, 0.1) is 11.3 Å². The average Bonchev–Trinajstić information content (AvgIpc) is 2.74. The van der Waals surface area contributed by atoms with Gasteiger partial charge in [0.25, 0.3) is 5.91 Å². The second kappa shape index (κ2) is 8.62. The molecular formula is C20H19N3O6S. The number of nitriles is 1. The maximum absolute atomic E-state index is 12.8. The third-order valence-electron chi connectivity index (χ3n) is 4.78. The number of anilines is 1. The first-order chi connectivity index (χ1) is 14.2. The molecule has 0 saturated carbocycles. The number of carboxylic acid groups (broad SMARTS) is 1. The maximum Gasteiger partial charge on any atom is 0.337 e. The smallest absolute Gasteiger partial charge is 0.337 e.